The number of anilines is 2. The monoisotopic (exact) mass is 270 g/mol. The van der Waals surface area contributed by atoms with Gasteiger partial charge in [-0.15, -0.1) is 0 Å². The lowest BCUT2D eigenvalue weighted by molar-refractivity contribution is 0.475. The summed E-state index contributed by atoms with van der Waals surface area (Å²) in [6.45, 7) is 0. The van der Waals surface area contributed by atoms with Crippen LogP contribution in [0.4, 0.5) is 11.5 Å². The van der Waals surface area contributed by atoms with Gasteiger partial charge in [-0.2, -0.15) is 0 Å². The minimum atomic E-state index is 0.242. The van der Waals surface area contributed by atoms with E-state index in [4.69, 9.17) is 11.6 Å². The van der Waals surface area contributed by atoms with Crippen molar-refractivity contribution in [2.75, 3.05) is 5.32 Å². The van der Waals surface area contributed by atoms with E-state index in [0.29, 0.717) is 5.02 Å². The van der Waals surface area contributed by atoms with Gasteiger partial charge in [0.2, 0.25) is 0 Å². The Morgan fingerprint density at radius 1 is 0.947 bits per heavy atom. The number of nitrogens with zero attached hydrogens (tertiary/aromatic N) is 1. The Labute approximate surface area is 115 Å². The molecule has 2 N–H and O–H groups in total. The summed E-state index contributed by atoms with van der Waals surface area (Å²) < 4.78 is 0. The summed E-state index contributed by atoms with van der Waals surface area (Å²) in [4.78, 5) is 4.50. The molecule has 0 fully saturated rings. The zero-order chi connectivity index (χ0) is 13.2. The lowest BCUT2D eigenvalue weighted by atomic mass is 10.2. The van der Waals surface area contributed by atoms with E-state index in [1.807, 2.05) is 30.3 Å². The molecule has 3 rings (SSSR count). The maximum absolute atomic E-state index is 9.23. The lowest BCUT2D eigenvalue weighted by Crippen LogP contribution is -1.93. The van der Waals surface area contributed by atoms with Gasteiger partial charge in [0.25, 0.3) is 0 Å². The molecule has 0 aliphatic carbocycles. The van der Waals surface area contributed by atoms with Gasteiger partial charge in [0.15, 0.2) is 0 Å². The molecule has 19 heavy (non-hydrogen) atoms. The quantitative estimate of drug-likeness (QED) is 0.681. The molecule has 0 spiro atoms. The van der Waals surface area contributed by atoms with Crippen molar-refractivity contribution in [3.8, 4) is 5.75 Å². The van der Waals surface area contributed by atoms with Crippen LogP contribution in [0.15, 0.2) is 54.6 Å². The molecule has 0 amide bonds. The number of benzene rings is 2. The van der Waals surface area contributed by atoms with Crippen LogP contribution in [0, 0.1) is 0 Å². The first-order valence-corrected chi connectivity index (χ1v) is 6.21. The molecule has 0 saturated carbocycles. The number of fused-ring (bicyclic) bond motifs is 1. The van der Waals surface area contributed by atoms with Crippen molar-refractivity contribution in [1.29, 1.82) is 0 Å². The molecular weight excluding hydrogens is 260 g/mol. The molecule has 1 heterocycles. The van der Waals surface area contributed by atoms with Gasteiger partial charge in [0.05, 0.1) is 5.52 Å². The summed E-state index contributed by atoms with van der Waals surface area (Å²) in [5, 5.41) is 14.1. The SMILES string of the molecule is Oc1ccc(Nc2ccc3cc(Cl)ccc3n2)cc1. The molecule has 0 unspecified atom stereocenters. The van der Waals surface area contributed by atoms with Crippen molar-refractivity contribution in [2.45, 2.75) is 0 Å². The van der Waals surface area contributed by atoms with E-state index in [-0.39, 0.29) is 5.75 Å². The van der Waals surface area contributed by atoms with E-state index in [0.717, 1.165) is 22.4 Å². The number of pyridine rings is 1. The van der Waals surface area contributed by atoms with E-state index in [1.54, 1.807) is 24.3 Å². The molecule has 94 valence electrons. The standard InChI is InChI=1S/C15H11ClN2O/c16-11-2-7-14-10(9-11)1-8-15(18-14)17-12-3-5-13(19)6-4-12/h1-9,19H,(H,17,18). The van der Waals surface area contributed by atoms with Crippen LogP contribution in [0.25, 0.3) is 10.9 Å². The zero-order valence-corrected chi connectivity index (χ0v) is 10.7. The predicted molar refractivity (Wildman–Crippen MR) is 78.1 cm³/mol. The van der Waals surface area contributed by atoms with Crippen LogP contribution in [0.1, 0.15) is 0 Å². The Hall–Kier alpha value is -2.26. The summed E-state index contributed by atoms with van der Waals surface area (Å²) in [5.74, 6) is 0.993. The third kappa shape index (κ3) is 2.61. The predicted octanol–water partition coefficient (Wildman–Crippen LogP) is 4.34. The molecule has 1 aromatic heterocycles. The van der Waals surface area contributed by atoms with Crippen molar-refractivity contribution in [3.05, 3.63) is 59.6 Å². The second-order valence-corrected chi connectivity index (χ2v) is 4.64. The van der Waals surface area contributed by atoms with Gasteiger partial charge in [-0.05, 0) is 54.6 Å². The number of hydrogen-bond acceptors (Lipinski definition) is 3. The third-order valence-corrected chi connectivity index (χ3v) is 3.03. The van der Waals surface area contributed by atoms with Crippen LogP contribution in [-0.4, -0.2) is 10.1 Å². The van der Waals surface area contributed by atoms with Gasteiger partial charge in [-0.3, -0.25) is 0 Å². The summed E-state index contributed by atoms with van der Waals surface area (Å²) in [7, 11) is 0. The highest BCUT2D eigenvalue weighted by Gasteiger charge is 2.00. The van der Waals surface area contributed by atoms with Crippen LogP contribution < -0.4 is 5.32 Å². The molecule has 0 aliphatic rings. The number of hydrogen-bond donors (Lipinski definition) is 2. The summed E-state index contributed by atoms with van der Waals surface area (Å²) >= 11 is 5.94. The lowest BCUT2D eigenvalue weighted by Gasteiger charge is -2.07. The molecule has 4 heteroatoms. The van der Waals surface area contributed by atoms with Crippen LogP contribution in [-0.2, 0) is 0 Å². The average Bonchev–Trinajstić information content (AvgIpc) is 2.42. The first-order chi connectivity index (χ1) is 9.20. The van der Waals surface area contributed by atoms with Gasteiger partial charge in [0, 0.05) is 16.1 Å². The molecule has 0 bridgehead atoms. The molecule has 2 aromatic carbocycles. The fraction of sp³-hybridized carbons (Fsp3) is 0. The fourth-order valence-corrected chi connectivity index (χ4v) is 2.04. The number of phenols is 1. The number of aromatic hydroxyl groups is 1. The summed E-state index contributed by atoms with van der Waals surface area (Å²) in [6.07, 6.45) is 0. The highest BCUT2D eigenvalue weighted by Crippen LogP contribution is 2.22. The maximum atomic E-state index is 9.23. The Morgan fingerprint density at radius 3 is 2.53 bits per heavy atom. The van der Waals surface area contributed by atoms with Gasteiger partial charge in [-0.25, -0.2) is 4.98 Å². The van der Waals surface area contributed by atoms with Crippen LogP contribution in [0.5, 0.6) is 5.75 Å². The zero-order valence-electron chi connectivity index (χ0n) is 9.97. The summed E-state index contributed by atoms with van der Waals surface area (Å²) in [6, 6.07) is 16.3. The number of nitrogens with one attached hydrogen (secondary N) is 1. The Balaban J connectivity index is 1.93. The molecule has 0 radical (unpaired) electrons. The van der Waals surface area contributed by atoms with Crippen molar-refractivity contribution < 1.29 is 5.11 Å². The third-order valence-electron chi connectivity index (χ3n) is 2.79. The van der Waals surface area contributed by atoms with Crippen LogP contribution in [0.3, 0.4) is 0 Å². The first-order valence-electron chi connectivity index (χ1n) is 5.83. The second kappa shape index (κ2) is 4.78. The highest BCUT2D eigenvalue weighted by atomic mass is 35.5. The van der Waals surface area contributed by atoms with Gasteiger partial charge in [0.1, 0.15) is 11.6 Å². The van der Waals surface area contributed by atoms with E-state index < -0.39 is 0 Å². The maximum Gasteiger partial charge on any atom is 0.131 e. The van der Waals surface area contributed by atoms with E-state index >= 15 is 0 Å². The molecule has 3 nitrogen and oxygen atoms in total. The molecule has 3 aromatic rings. The van der Waals surface area contributed by atoms with Gasteiger partial charge >= 0.3 is 0 Å². The topological polar surface area (TPSA) is 45.1 Å². The minimum Gasteiger partial charge on any atom is -0.508 e. The summed E-state index contributed by atoms with van der Waals surface area (Å²) in [5.41, 5.74) is 1.76. The van der Waals surface area contributed by atoms with Crippen molar-refractivity contribution in [1.82, 2.24) is 4.98 Å². The Morgan fingerprint density at radius 2 is 1.74 bits per heavy atom. The number of rotatable bonds is 2. The number of phenolic OH excluding ortho intramolecular Hbond substituents is 1. The minimum absolute atomic E-state index is 0.242. The van der Waals surface area contributed by atoms with Crippen LogP contribution >= 0.6 is 11.6 Å². The molecular formula is C15H11ClN2O. The number of halogens is 1. The van der Waals surface area contributed by atoms with E-state index in [2.05, 4.69) is 10.3 Å². The molecule has 0 aliphatic heterocycles. The van der Waals surface area contributed by atoms with E-state index in [9.17, 15) is 5.11 Å². The Kier molecular flexibility index (Phi) is 2.97. The van der Waals surface area contributed by atoms with Crippen molar-refractivity contribution in [2.24, 2.45) is 0 Å². The van der Waals surface area contributed by atoms with Crippen molar-refractivity contribution >= 4 is 34.0 Å². The van der Waals surface area contributed by atoms with Gasteiger partial charge in [-0.1, -0.05) is 11.6 Å². The second-order valence-electron chi connectivity index (χ2n) is 4.21. The highest BCUT2D eigenvalue weighted by molar-refractivity contribution is 6.31. The van der Waals surface area contributed by atoms with E-state index in [1.165, 1.54) is 0 Å². The normalized spacial score (nSPS) is 10.6. The van der Waals surface area contributed by atoms with Crippen molar-refractivity contribution in [3.63, 3.8) is 0 Å². The smallest absolute Gasteiger partial charge is 0.131 e. The first kappa shape index (κ1) is 11.8. The molecule has 0 atom stereocenters. The Bertz CT molecular complexity index is 726. The van der Waals surface area contributed by atoms with Crippen LogP contribution in [0.2, 0.25) is 5.02 Å². The fourth-order valence-electron chi connectivity index (χ4n) is 1.86. The largest absolute Gasteiger partial charge is 0.508 e. The van der Waals surface area contributed by atoms with Gasteiger partial charge < -0.3 is 10.4 Å². The molecule has 0 saturated heterocycles. The average molecular weight is 271 g/mol. The number of aromatic nitrogens is 1.